The molecule has 0 radical (unpaired) electrons. The number of rotatable bonds is 1. The van der Waals surface area contributed by atoms with Gasteiger partial charge in [-0.3, -0.25) is 0 Å². The molecule has 0 aromatic carbocycles. The van der Waals surface area contributed by atoms with E-state index < -0.39 is 12.4 Å². The summed E-state index contributed by atoms with van der Waals surface area (Å²) in [6, 6.07) is 0. The smallest absolute Gasteiger partial charge is 0.412 e. The molecule has 0 atom stereocenters. The lowest BCUT2D eigenvalue weighted by atomic mass is 10.6. The van der Waals surface area contributed by atoms with Crippen molar-refractivity contribution in [1.82, 2.24) is 0 Å². The molecule has 18 heavy (non-hydrogen) atoms. The molecule has 0 saturated heterocycles. The maximum absolute atomic E-state index is 11.1. The molecule has 0 aliphatic heterocycles. The molecule has 0 spiro atoms. The van der Waals surface area contributed by atoms with E-state index in [0.717, 1.165) is 14.2 Å². The van der Waals surface area contributed by atoms with Gasteiger partial charge in [-0.25, -0.2) is 0 Å². The number of methoxy groups -OCH3 is 1. The van der Waals surface area contributed by atoms with Crippen LogP contribution in [0, 0.1) is 0 Å². The van der Waals surface area contributed by atoms with Crippen molar-refractivity contribution in [3.8, 4) is 0 Å². The first-order valence-corrected chi connectivity index (χ1v) is 4.12. The van der Waals surface area contributed by atoms with E-state index in [1.807, 2.05) is 0 Å². The molecule has 0 rings (SSSR count). The number of halogens is 8. The minimum Gasteiger partial charge on any atom is -0.504 e. The Hall–Kier alpha value is -0.600. The van der Waals surface area contributed by atoms with Crippen LogP contribution in [0.3, 0.4) is 0 Å². The van der Waals surface area contributed by atoms with Gasteiger partial charge in [-0.2, -0.15) is 26.3 Å². The quantitative estimate of drug-likeness (QED) is 0.582. The molecule has 2 nitrogen and oxygen atoms in total. The number of hydrogen-bond donors (Lipinski definition) is 1. The van der Waals surface area contributed by atoms with Crippen LogP contribution in [0.25, 0.3) is 0 Å². The summed E-state index contributed by atoms with van der Waals surface area (Å²) in [5, 5.41) is 7.00. The average Bonchev–Trinajstić information content (AvgIpc) is 2.16. The Morgan fingerprint density at radius 2 is 1.28 bits per heavy atom. The van der Waals surface area contributed by atoms with Gasteiger partial charge in [0.2, 0.25) is 0 Å². The van der Waals surface area contributed by atoms with Crippen LogP contribution in [0.15, 0.2) is 23.9 Å². The van der Waals surface area contributed by atoms with Crippen LogP contribution < -0.4 is 0 Å². The van der Waals surface area contributed by atoms with Crippen LogP contribution >= 0.6 is 24.0 Å². The molecule has 0 aliphatic carbocycles. The van der Waals surface area contributed by atoms with Crippen molar-refractivity contribution in [2.45, 2.75) is 12.4 Å². The van der Waals surface area contributed by atoms with Gasteiger partial charge in [0, 0.05) is 18.7 Å². The minimum absolute atomic E-state index is 0. The fraction of sp³-hybridized carbons (Fsp3) is 0.500. The molecule has 0 saturated carbocycles. The van der Waals surface area contributed by atoms with Crippen molar-refractivity contribution in [3.05, 3.63) is 23.9 Å². The zero-order chi connectivity index (χ0) is 14.5. The van der Waals surface area contributed by atoms with Gasteiger partial charge >= 0.3 is 12.4 Å². The van der Waals surface area contributed by atoms with Gasteiger partial charge in [-0.1, -0.05) is 11.6 Å². The maximum Gasteiger partial charge on any atom is 0.412 e. The topological polar surface area (TPSA) is 29.5 Å². The average molecular weight is 325 g/mol. The summed E-state index contributed by atoms with van der Waals surface area (Å²) < 4.78 is 69.9. The summed E-state index contributed by atoms with van der Waals surface area (Å²) in [5.41, 5.74) is 0.431. The predicted octanol–water partition coefficient (Wildman–Crippen LogP) is 4.04. The Labute approximate surface area is 111 Å². The van der Waals surface area contributed by atoms with Crippen LogP contribution in [0.1, 0.15) is 0 Å². The molecule has 0 unspecified atom stereocenters. The summed E-state index contributed by atoms with van der Waals surface area (Å²) in [7, 11) is 2.16. The second kappa shape index (κ2) is 14.5. The number of allylic oxidation sites excluding steroid dienone is 2. The van der Waals surface area contributed by atoms with Crippen LogP contribution in [0.4, 0.5) is 26.3 Å². The zero-order valence-corrected chi connectivity index (χ0v) is 10.8. The molecular weight excluding hydrogens is 313 g/mol. The van der Waals surface area contributed by atoms with Gasteiger partial charge < -0.3 is 9.84 Å². The Bertz CT molecular complexity index is 213. The summed E-state index contributed by atoms with van der Waals surface area (Å²) in [6.07, 6.45) is -7.96. The molecular formula is C8H12Cl2F6O2. The first-order valence-electron chi connectivity index (χ1n) is 3.69. The highest BCUT2D eigenvalue weighted by Crippen LogP contribution is 2.16. The van der Waals surface area contributed by atoms with Crippen molar-refractivity contribution in [2.24, 2.45) is 0 Å². The lowest BCUT2D eigenvalue weighted by Gasteiger charge is -1.94. The first-order chi connectivity index (χ1) is 7.62. The fourth-order valence-corrected chi connectivity index (χ4v) is 0.359. The van der Waals surface area contributed by atoms with E-state index in [1.165, 1.54) is 0 Å². The van der Waals surface area contributed by atoms with Gasteiger partial charge in [0.1, 0.15) is 0 Å². The molecule has 10 heteroatoms. The Balaban J connectivity index is -0.0000000916. The molecule has 0 amide bonds. The first kappa shape index (κ1) is 26.1. The normalized spacial score (nSPS) is 11.0. The third-order valence-corrected chi connectivity index (χ3v) is 0.771. The number of aliphatic hydroxyl groups is 1. The van der Waals surface area contributed by atoms with Gasteiger partial charge in [0.25, 0.3) is 0 Å². The molecule has 0 fully saturated rings. The number of hydrogen-bond acceptors (Lipinski definition) is 2. The van der Waals surface area contributed by atoms with E-state index in [4.69, 9.17) is 5.11 Å². The van der Waals surface area contributed by atoms with E-state index in [1.54, 1.807) is 0 Å². The monoisotopic (exact) mass is 324 g/mol. The molecule has 0 heterocycles. The summed E-state index contributed by atoms with van der Waals surface area (Å²) >= 11 is 4.59. The van der Waals surface area contributed by atoms with Crippen LogP contribution in [0.5, 0.6) is 0 Å². The van der Waals surface area contributed by atoms with E-state index in [9.17, 15) is 26.3 Å². The SMILES string of the molecule is CO.CO/C=C/C(F)(F)F.Cl.FC(F)(F)/C=C/Cl. The third kappa shape index (κ3) is 45.3. The van der Waals surface area contributed by atoms with Crippen LogP contribution in [-0.4, -0.2) is 31.7 Å². The lowest BCUT2D eigenvalue weighted by Crippen LogP contribution is -2.00. The van der Waals surface area contributed by atoms with Gasteiger partial charge in [-0.05, 0) is 0 Å². The van der Waals surface area contributed by atoms with Crippen molar-refractivity contribution < 1.29 is 36.2 Å². The van der Waals surface area contributed by atoms with E-state index in [0.29, 0.717) is 11.8 Å². The largest absolute Gasteiger partial charge is 0.504 e. The van der Waals surface area contributed by atoms with Gasteiger partial charge in [0.05, 0.1) is 19.4 Å². The Morgan fingerprint density at radius 3 is 1.33 bits per heavy atom. The molecule has 112 valence electrons. The standard InChI is InChI=1S/C4H5F3O.C3H2ClF3.CH4O.ClH/c1-8-3-2-4(5,6)7;4-2-1-3(5,6)7;1-2;/h2-3H,1H3;1-2H;2H,1H3;1H/b3-2+;2-1+;;. The van der Waals surface area contributed by atoms with Crippen molar-refractivity contribution in [2.75, 3.05) is 14.2 Å². The highest BCUT2D eigenvalue weighted by molar-refractivity contribution is 6.25. The van der Waals surface area contributed by atoms with Crippen molar-refractivity contribution >= 4 is 24.0 Å². The summed E-state index contributed by atoms with van der Waals surface area (Å²) in [6.45, 7) is 0. The van der Waals surface area contributed by atoms with Gasteiger partial charge in [-0.15, -0.1) is 12.4 Å². The number of alkyl halides is 6. The molecule has 0 aromatic heterocycles. The number of ether oxygens (including phenoxy) is 1. The highest BCUT2D eigenvalue weighted by atomic mass is 35.5. The van der Waals surface area contributed by atoms with E-state index in [2.05, 4.69) is 16.3 Å². The Kier molecular flexibility index (Phi) is 20.9. The summed E-state index contributed by atoms with van der Waals surface area (Å²) in [4.78, 5) is 0. The van der Waals surface area contributed by atoms with Crippen molar-refractivity contribution in [1.29, 1.82) is 0 Å². The molecule has 0 aliphatic rings. The fourth-order valence-electron chi connectivity index (χ4n) is 0.217. The maximum atomic E-state index is 11.1. The molecule has 0 aromatic rings. The third-order valence-electron chi connectivity index (χ3n) is 0.645. The molecule has 1 N–H and O–H groups in total. The Morgan fingerprint density at radius 1 is 0.944 bits per heavy atom. The van der Waals surface area contributed by atoms with Crippen LogP contribution in [0.2, 0.25) is 0 Å². The second-order valence-electron chi connectivity index (χ2n) is 1.91. The lowest BCUT2D eigenvalue weighted by molar-refractivity contribution is -0.0818. The van der Waals surface area contributed by atoms with E-state index in [-0.39, 0.29) is 24.6 Å². The number of aliphatic hydroxyl groups excluding tert-OH is 1. The highest BCUT2D eigenvalue weighted by Gasteiger charge is 2.22. The predicted molar refractivity (Wildman–Crippen MR) is 58.6 cm³/mol. The summed E-state index contributed by atoms with van der Waals surface area (Å²) in [5.74, 6) is 0. The molecule has 0 bridgehead atoms. The van der Waals surface area contributed by atoms with E-state index >= 15 is 0 Å². The van der Waals surface area contributed by atoms with Gasteiger partial charge in [0.15, 0.2) is 0 Å². The second-order valence-corrected chi connectivity index (χ2v) is 2.17. The minimum atomic E-state index is -4.26. The van der Waals surface area contributed by atoms with Crippen molar-refractivity contribution in [3.63, 3.8) is 0 Å². The van der Waals surface area contributed by atoms with Crippen LogP contribution in [-0.2, 0) is 4.74 Å². The zero-order valence-electron chi connectivity index (χ0n) is 9.22.